The van der Waals surface area contributed by atoms with Crippen molar-refractivity contribution in [3.05, 3.63) is 64.9 Å². The number of benzene rings is 2. The molecule has 0 saturated carbocycles. The average molecular weight is 287 g/mol. The fourth-order valence-corrected chi connectivity index (χ4v) is 2.33. The number of aromatic nitrogens is 1. The minimum atomic E-state index is -0.450. The highest BCUT2D eigenvalue weighted by atomic mass is 35.5. The van der Waals surface area contributed by atoms with Crippen LogP contribution in [0.15, 0.2) is 48.5 Å². The molecule has 1 N–H and O–H groups in total. The average Bonchev–Trinajstić information content (AvgIpc) is 2.44. The summed E-state index contributed by atoms with van der Waals surface area (Å²) in [5, 5.41) is 4.23. The van der Waals surface area contributed by atoms with Crippen LogP contribution in [0.1, 0.15) is 5.56 Å². The molecule has 1 aromatic heterocycles. The molecule has 0 saturated heterocycles. The topological polar surface area (TPSA) is 24.9 Å². The molecule has 0 spiro atoms. The van der Waals surface area contributed by atoms with Gasteiger partial charge in [0, 0.05) is 5.39 Å². The van der Waals surface area contributed by atoms with E-state index >= 15 is 0 Å². The normalized spacial score (nSPS) is 10.8. The fourth-order valence-electron chi connectivity index (χ4n) is 2.15. The van der Waals surface area contributed by atoms with Crippen molar-refractivity contribution in [3.8, 4) is 0 Å². The van der Waals surface area contributed by atoms with Crippen molar-refractivity contribution < 1.29 is 4.39 Å². The lowest BCUT2D eigenvalue weighted by molar-refractivity contribution is 0.629. The van der Waals surface area contributed by atoms with Crippen molar-refractivity contribution in [1.29, 1.82) is 0 Å². The van der Waals surface area contributed by atoms with Crippen LogP contribution in [0, 0.1) is 12.7 Å². The lowest BCUT2D eigenvalue weighted by Gasteiger charge is -2.10. The number of hydrogen-bond donors (Lipinski definition) is 1. The van der Waals surface area contributed by atoms with E-state index < -0.39 is 5.82 Å². The Hall–Kier alpha value is -2.13. The van der Waals surface area contributed by atoms with Crippen LogP contribution < -0.4 is 5.32 Å². The Morgan fingerprint density at radius 2 is 1.90 bits per heavy atom. The van der Waals surface area contributed by atoms with Gasteiger partial charge in [-0.2, -0.15) is 0 Å². The molecule has 0 aliphatic carbocycles. The van der Waals surface area contributed by atoms with E-state index in [9.17, 15) is 4.39 Å². The molecule has 2 nitrogen and oxygen atoms in total. The molecule has 0 unspecified atom stereocenters. The van der Waals surface area contributed by atoms with Crippen molar-refractivity contribution in [3.63, 3.8) is 0 Å². The largest absolute Gasteiger partial charge is 0.339 e. The molecule has 4 heteroatoms. The molecule has 1 heterocycles. The molecule has 0 radical (unpaired) electrons. The Morgan fingerprint density at radius 3 is 2.75 bits per heavy atom. The number of aryl methyl sites for hydroxylation is 1. The first-order valence-electron chi connectivity index (χ1n) is 6.22. The lowest BCUT2D eigenvalue weighted by atomic mass is 10.1. The highest BCUT2D eigenvalue weighted by Crippen LogP contribution is 2.28. The van der Waals surface area contributed by atoms with Gasteiger partial charge in [0.25, 0.3) is 0 Å². The van der Waals surface area contributed by atoms with Gasteiger partial charge in [-0.15, -0.1) is 0 Å². The van der Waals surface area contributed by atoms with Gasteiger partial charge in [0.2, 0.25) is 0 Å². The van der Waals surface area contributed by atoms with E-state index in [2.05, 4.69) is 10.3 Å². The number of nitrogens with one attached hydrogen (secondary N) is 1. The van der Waals surface area contributed by atoms with Crippen LogP contribution >= 0.6 is 11.6 Å². The zero-order chi connectivity index (χ0) is 14.1. The first-order valence-corrected chi connectivity index (χ1v) is 6.60. The van der Waals surface area contributed by atoms with E-state index in [-0.39, 0.29) is 5.02 Å². The standard InChI is InChI=1S/C16H12ClFN2/c1-10-9-15(19-13-7-3-2-5-11(10)13)20-14-8-4-6-12(18)16(14)17/h2-9H,1H3,(H,19,20). The van der Waals surface area contributed by atoms with E-state index in [1.54, 1.807) is 12.1 Å². The quantitative estimate of drug-likeness (QED) is 0.710. The first-order chi connectivity index (χ1) is 9.65. The molecule has 3 rings (SSSR count). The van der Waals surface area contributed by atoms with Crippen LogP contribution in [0.2, 0.25) is 5.02 Å². The maximum absolute atomic E-state index is 13.4. The Bertz CT molecular complexity index is 787. The van der Waals surface area contributed by atoms with Crippen LogP contribution in [0.25, 0.3) is 10.9 Å². The zero-order valence-electron chi connectivity index (χ0n) is 10.8. The second-order valence-electron chi connectivity index (χ2n) is 4.57. The third kappa shape index (κ3) is 2.32. The predicted octanol–water partition coefficient (Wildman–Crippen LogP) is 5.08. The number of anilines is 2. The van der Waals surface area contributed by atoms with E-state index in [0.29, 0.717) is 11.5 Å². The molecular formula is C16H12ClFN2. The van der Waals surface area contributed by atoms with Crippen molar-refractivity contribution in [2.24, 2.45) is 0 Å². The number of hydrogen-bond acceptors (Lipinski definition) is 2. The third-order valence-electron chi connectivity index (χ3n) is 3.14. The van der Waals surface area contributed by atoms with Gasteiger partial charge in [-0.25, -0.2) is 9.37 Å². The van der Waals surface area contributed by atoms with Gasteiger partial charge >= 0.3 is 0 Å². The van der Waals surface area contributed by atoms with Crippen LogP contribution in [0.4, 0.5) is 15.9 Å². The number of rotatable bonds is 2. The Labute approximate surface area is 121 Å². The zero-order valence-corrected chi connectivity index (χ0v) is 11.6. The highest BCUT2D eigenvalue weighted by molar-refractivity contribution is 6.33. The minimum absolute atomic E-state index is 0.0695. The van der Waals surface area contributed by atoms with E-state index in [1.165, 1.54) is 6.07 Å². The lowest BCUT2D eigenvalue weighted by Crippen LogP contribution is -1.97. The molecule has 0 fully saturated rings. The number of halogens is 2. The monoisotopic (exact) mass is 286 g/mol. The van der Waals surface area contributed by atoms with Gasteiger partial charge < -0.3 is 5.32 Å². The molecule has 0 amide bonds. The molecule has 100 valence electrons. The van der Waals surface area contributed by atoms with Crippen molar-refractivity contribution in [2.75, 3.05) is 5.32 Å². The third-order valence-corrected chi connectivity index (χ3v) is 3.52. The summed E-state index contributed by atoms with van der Waals surface area (Å²) in [6.45, 7) is 2.02. The second kappa shape index (κ2) is 5.10. The van der Waals surface area contributed by atoms with Crippen LogP contribution in [0.5, 0.6) is 0 Å². The van der Waals surface area contributed by atoms with Gasteiger partial charge in [-0.3, -0.25) is 0 Å². The van der Waals surface area contributed by atoms with E-state index in [0.717, 1.165) is 16.5 Å². The molecule has 20 heavy (non-hydrogen) atoms. The first kappa shape index (κ1) is 12.9. The van der Waals surface area contributed by atoms with Crippen molar-refractivity contribution >= 4 is 34.0 Å². The van der Waals surface area contributed by atoms with Gasteiger partial charge in [0.15, 0.2) is 0 Å². The van der Waals surface area contributed by atoms with Crippen molar-refractivity contribution in [2.45, 2.75) is 6.92 Å². The summed E-state index contributed by atoms with van der Waals surface area (Å²) in [6, 6.07) is 14.5. The minimum Gasteiger partial charge on any atom is -0.339 e. The van der Waals surface area contributed by atoms with Crippen LogP contribution in [-0.4, -0.2) is 4.98 Å². The molecule has 3 aromatic rings. The molecule has 2 aromatic carbocycles. The Kier molecular flexibility index (Phi) is 3.28. The smallest absolute Gasteiger partial charge is 0.143 e. The Balaban J connectivity index is 2.05. The fraction of sp³-hybridized carbons (Fsp3) is 0.0625. The van der Waals surface area contributed by atoms with Gasteiger partial charge in [-0.05, 0) is 36.8 Å². The second-order valence-corrected chi connectivity index (χ2v) is 4.95. The van der Waals surface area contributed by atoms with E-state index in [1.807, 2.05) is 37.3 Å². The van der Waals surface area contributed by atoms with Gasteiger partial charge in [0.05, 0.1) is 16.2 Å². The number of para-hydroxylation sites is 1. The summed E-state index contributed by atoms with van der Waals surface area (Å²) in [5.41, 5.74) is 2.50. The SMILES string of the molecule is Cc1cc(Nc2cccc(F)c2Cl)nc2ccccc12. The molecular weight excluding hydrogens is 275 g/mol. The highest BCUT2D eigenvalue weighted by Gasteiger charge is 2.07. The van der Waals surface area contributed by atoms with Gasteiger partial charge in [-0.1, -0.05) is 35.9 Å². The molecule has 0 aliphatic heterocycles. The summed E-state index contributed by atoms with van der Waals surface area (Å²) in [7, 11) is 0. The van der Waals surface area contributed by atoms with Gasteiger partial charge in [0.1, 0.15) is 11.6 Å². The maximum atomic E-state index is 13.4. The Morgan fingerprint density at radius 1 is 1.10 bits per heavy atom. The molecule has 0 atom stereocenters. The molecule has 0 aliphatic rings. The van der Waals surface area contributed by atoms with Crippen molar-refractivity contribution in [1.82, 2.24) is 4.98 Å². The summed E-state index contributed by atoms with van der Waals surface area (Å²) in [5.74, 6) is 0.197. The summed E-state index contributed by atoms with van der Waals surface area (Å²) >= 11 is 5.94. The summed E-state index contributed by atoms with van der Waals surface area (Å²) < 4.78 is 13.4. The van der Waals surface area contributed by atoms with E-state index in [4.69, 9.17) is 11.6 Å². The maximum Gasteiger partial charge on any atom is 0.143 e. The number of pyridine rings is 1. The molecule has 0 bridgehead atoms. The van der Waals surface area contributed by atoms with Crippen LogP contribution in [0.3, 0.4) is 0 Å². The summed E-state index contributed by atoms with van der Waals surface area (Å²) in [6.07, 6.45) is 0. The predicted molar refractivity (Wildman–Crippen MR) is 81.2 cm³/mol. The number of nitrogens with zero attached hydrogens (tertiary/aromatic N) is 1. The van der Waals surface area contributed by atoms with Crippen LogP contribution in [-0.2, 0) is 0 Å². The summed E-state index contributed by atoms with van der Waals surface area (Å²) in [4.78, 5) is 4.51. The number of fused-ring (bicyclic) bond motifs is 1.